The van der Waals surface area contributed by atoms with E-state index in [0.29, 0.717) is 0 Å². The van der Waals surface area contributed by atoms with Crippen molar-refractivity contribution in [3.05, 3.63) is 23.2 Å². The van der Waals surface area contributed by atoms with E-state index in [2.05, 4.69) is 12.2 Å². The van der Waals surface area contributed by atoms with Crippen LogP contribution in [0.3, 0.4) is 0 Å². The van der Waals surface area contributed by atoms with Crippen LogP contribution in [-0.4, -0.2) is 30.4 Å². The van der Waals surface area contributed by atoms with Gasteiger partial charge >= 0.3 is 0 Å². The van der Waals surface area contributed by atoms with Crippen LogP contribution in [0.1, 0.15) is 42.9 Å². The minimum atomic E-state index is -0.0329. The van der Waals surface area contributed by atoms with Gasteiger partial charge in [0, 0.05) is 12.1 Å². The molecule has 1 fully saturated rings. The van der Waals surface area contributed by atoms with Gasteiger partial charge in [0.15, 0.2) is 0 Å². The van der Waals surface area contributed by atoms with Crippen molar-refractivity contribution in [2.45, 2.75) is 45.7 Å². The summed E-state index contributed by atoms with van der Waals surface area (Å²) < 4.78 is 5.56. The fraction of sp³-hybridized carbons (Fsp3) is 0.643. The molecule has 1 aromatic heterocycles. The normalized spacial score (nSPS) is 22.3. The molecule has 18 heavy (non-hydrogen) atoms. The van der Waals surface area contributed by atoms with E-state index in [1.807, 2.05) is 31.9 Å². The van der Waals surface area contributed by atoms with Crippen LogP contribution in [0.2, 0.25) is 0 Å². The first kappa shape index (κ1) is 13.1. The van der Waals surface area contributed by atoms with E-state index in [0.717, 1.165) is 36.5 Å². The third kappa shape index (κ3) is 2.29. The maximum Gasteiger partial charge on any atom is 0.240 e. The number of hydrogen-bond donors (Lipinski definition) is 1. The maximum absolute atomic E-state index is 12.3. The number of hydrogen-bond acceptors (Lipinski definition) is 3. The topological polar surface area (TPSA) is 45.5 Å². The maximum atomic E-state index is 12.3. The van der Waals surface area contributed by atoms with Gasteiger partial charge in [-0.05, 0) is 46.7 Å². The van der Waals surface area contributed by atoms with E-state index in [9.17, 15) is 4.79 Å². The van der Waals surface area contributed by atoms with Crippen molar-refractivity contribution in [1.29, 1.82) is 0 Å². The fourth-order valence-electron chi connectivity index (χ4n) is 2.79. The molecule has 1 aliphatic rings. The number of likely N-dealkylation sites (N-methyl/N-ethyl adjacent to an activating group) is 1. The first-order valence-corrected chi connectivity index (χ1v) is 6.59. The molecule has 1 aliphatic heterocycles. The average Bonchev–Trinajstić information content (AvgIpc) is 2.68. The van der Waals surface area contributed by atoms with Crippen molar-refractivity contribution < 1.29 is 9.21 Å². The standard InChI is InChI=1S/C14H22N2O2/c1-9-8-12(11(3)18-9)10(2)16-7-5-6-13(15-4)14(16)17/h8,10,13,15H,5-7H2,1-4H3. The van der Waals surface area contributed by atoms with Gasteiger partial charge in [0.05, 0.1) is 12.1 Å². The predicted molar refractivity (Wildman–Crippen MR) is 70.4 cm³/mol. The molecule has 0 saturated carbocycles. The molecule has 0 aromatic carbocycles. The largest absolute Gasteiger partial charge is 0.466 e. The van der Waals surface area contributed by atoms with Crippen molar-refractivity contribution in [3.8, 4) is 0 Å². The van der Waals surface area contributed by atoms with Crippen molar-refractivity contribution in [2.75, 3.05) is 13.6 Å². The lowest BCUT2D eigenvalue weighted by Crippen LogP contribution is -2.50. The second kappa shape index (κ2) is 5.14. The Balaban J connectivity index is 2.20. The molecule has 0 bridgehead atoms. The van der Waals surface area contributed by atoms with Crippen molar-refractivity contribution >= 4 is 5.91 Å². The summed E-state index contributed by atoms with van der Waals surface area (Å²) in [5.74, 6) is 2.03. The Bertz CT molecular complexity index is 439. The van der Waals surface area contributed by atoms with Gasteiger partial charge < -0.3 is 14.6 Å². The van der Waals surface area contributed by atoms with Gasteiger partial charge in [-0.2, -0.15) is 0 Å². The van der Waals surface area contributed by atoms with Crippen molar-refractivity contribution in [2.24, 2.45) is 0 Å². The lowest BCUT2D eigenvalue weighted by atomic mass is 10.00. The Morgan fingerprint density at radius 2 is 2.22 bits per heavy atom. The fourth-order valence-corrected chi connectivity index (χ4v) is 2.79. The second-order valence-corrected chi connectivity index (χ2v) is 5.06. The molecule has 4 nitrogen and oxygen atoms in total. The van der Waals surface area contributed by atoms with Crippen molar-refractivity contribution in [3.63, 3.8) is 0 Å². The highest BCUT2D eigenvalue weighted by molar-refractivity contribution is 5.83. The molecule has 1 N–H and O–H groups in total. The predicted octanol–water partition coefficient (Wildman–Crippen LogP) is 2.17. The minimum absolute atomic E-state index is 0.0329. The molecule has 0 aliphatic carbocycles. The van der Waals surface area contributed by atoms with E-state index in [-0.39, 0.29) is 18.0 Å². The Morgan fingerprint density at radius 3 is 2.78 bits per heavy atom. The van der Waals surface area contributed by atoms with Crippen LogP contribution in [0.4, 0.5) is 0 Å². The van der Waals surface area contributed by atoms with Gasteiger partial charge in [0.1, 0.15) is 11.5 Å². The van der Waals surface area contributed by atoms with Crippen LogP contribution in [0.25, 0.3) is 0 Å². The molecule has 1 aromatic rings. The van der Waals surface area contributed by atoms with E-state index in [1.54, 1.807) is 0 Å². The Morgan fingerprint density at radius 1 is 1.50 bits per heavy atom. The summed E-state index contributed by atoms with van der Waals surface area (Å²) in [6.07, 6.45) is 1.99. The zero-order valence-corrected chi connectivity index (χ0v) is 11.6. The van der Waals surface area contributed by atoms with E-state index < -0.39 is 0 Å². The van der Waals surface area contributed by atoms with Gasteiger partial charge in [0.2, 0.25) is 5.91 Å². The molecular formula is C14H22N2O2. The van der Waals surface area contributed by atoms with Crippen molar-refractivity contribution in [1.82, 2.24) is 10.2 Å². The second-order valence-electron chi connectivity index (χ2n) is 5.06. The van der Waals surface area contributed by atoms with E-state index >= 15 is 0 Å². The summed E-state index contributed by atoms with van der Waals surface area (Å²) in [4.78, 5) is 14.3. The Labute approximate surface area is 108 Å². The summed E-state index contributed by atoms with van der Waals surface area (Å²) in [7, 11) is 1.85. The van der Waals surface area contributed by atoms with Gasteiger partial charge in [-0.3, -0.25) is 4.79 Å². The third-order valence-corrected chi connectivity index (χ3v) is 3.82. The highest BCUT2D eigenvalue weighted by Gasteiger charge is 2.32. The molecule has 2 unspecified atom stereocenters. The summed E-state index contributed by atoms with van der Waals surface area (Å²) in [5.41, 5.74) is 1.12. The van der Waals surface area contributed by atoms with Gasteiger partial charge in [0.25, 0.3) is 0 Å². The molecule has 0 spiro atoms. The number of aryl methyl sites for hydroxylation is 2. The quantitative estimate of drug-likeness (QED) is 0.894. The Kier molecular flexibility index (Phi) is 3.76. The monoisotopic (exact) mass is 250 g/mol. The molecule has 100 valence electrons. The molecular weight excluding hydrogens is 228 g/mol. The number of likely N-dealkylation sites (tertiary alicyclic amines) is 1. The molecule has 2 heterocycles. The summed E-state index contributed by atoms with van der Waals surface area (Å²) in [5, 5.41) is 3.10. The van der Waals surface area contributed by atoms with E-state index in [4.69, 9.17) is 4.42 Å². The SMILES string of the molecule is CNC1CCCN(C(C)c2cc(C)oc2C)C1=O. The first-order valence-electron chi connectivity index (χ1n) is 6.59. The van der Waals surface area contributed by atoms with Gasteiger partial charge in [-0.25, -0.2) is 0 Å². The smallest absolute Gasteiger partial charge is 0.240 e. The van der Waals surface area contributed by atoms with Crippen LogP contribution in [0, 0.1) is 13.8 Å². The summed E-state index contributed by atoms with van der Waals surface area (Å²) >= 11 is 0. The molecule has 2 atom stereocenters. The number of piperidine rings is 1. The van der Waals surface area contributed by atoms with Crippen LogP contribution in [0.15, 0.2) is 10.5 Å². The third-order valence-electron chi connectivity index (χ3n) is 3.82. The number of amides is 1. The minimum Gasteiger partial charge on any atom is -0.466 e. The van der Waals surface area contributed by atoms with Gasteiger partial charge in [-0.1, -0.05) is 0 Å². The lowest BCUT2D eigenvalue weighted by molar-refractivity contribution is -0.138. The van der Waals surface area contributed by atoms with E-state index in [1.165, 1.54) is 0 Å². The summed E-state index contributed by atoms with van der Waals surface area (Å²) in [6.45, 7) is 6.82. The molecule has 1 saturated heterocycles. The number of furan rings is 1. The number of carbonyl (C=O) groups is 1. The lowest BCUT2D eigenvalue weighted by Gasteiger charge is -2.36. The number of nitrogens with zero attached hydrogens (tertiary/aromatic N) is 1. The highest BCUT2D eigenvalue weighted by Crippen LogP contribution is 2.29. The number of nitrogens with one attached hydrogen (secondary N) is 1. The number of rotatable bonds is 3. The molecule has 4 heteroatoms. The average molecular weight is 250 g/mol. The first-order chi connectivity index (χ1) is 8.54. The Hall–Kier alpha value is -1.29. The highest BCUT2D eigenvalue weighted by atomic mass is 16.3. The van der Waals surface area contributed by atoms with Crippen LogP contribution in [-0.2, 0) is 4.79 Å². The van der Waals surface area contributed by atoms with Crippen LogP contribution < -0.4 is 5.32 Å². The van der Waals surface area contributed by atoms with Crippen LogP contribution >= 0.6 is 0 Å². The zero-order chi connectivity index (χ0) is 13.3. The number of carbonyl (C=O) groups excluding carboxylic acids is 1. The molecule has 1 amide bonds. The van der Waals surface area contributed by atoms with Crippen LogP contribution in [0.5, 0.6) is 0 Å². The zero-order valence-electron chi connectivity index (χ0n) is 11.6. The molecule has 2 rings (SSSR count). The summed E-state index contributed by atoms with van der Waals surface area (Å²) in [6, 6.07) is 2.09. The van der Waals surface area contributed by atoms with Gasteiger partial charge in [-0.15, -0.1) is 0 Å². The molecule has 0 radical (unpaired) electrons.